The number of allylic oxidation sites excluding steroid dienone is 14. The molecular formula is C62H106O6. The fraction of sp³-hybridized carbons (Fsp3) is 0.726. The van der Waals surface area contributed by atoms with Gasteiger partial charge in [-0.15, -0.1) is 0 Å². The van der Waals surface area contributed by atoms with E-state index in [1.807, 2.05) is 0 Å². The number of esters is 3. The average Bonchev–Trinajstić information content (AvgIpc) is 3.34. The predicted molar refractivity (Wildman–Crippen MR) is 293 cm³/mol. The van der Waals surface area contributed by atoms with Crippen molar-refractivity contribution >= 4 is 17.9 Å². The van der Waals surface area contributed by atoms with Crippen LogP contribution in [0.3, 0.4) is 0 Å². The summed E-state index contributed by atoms with van der Waals surface area (Å²) in [6.07, 6.45) is 73.4. The number of hydrogen-bond donors (Lipinski definition) is 0. The van der Waals surface area contributed by atoms with Crippen LogP contribution in [0.15, 0.2) is 85.1 Å². The first-order chi connectivity index (χ1) is 33.5. The van der Waals surface area contributed by atoms with Crippen molar-refractivity contribution in [2.24, 2.45) is 0 Å². The molecule has 0 aliphatic heterocycles. The molecule has 0 aromatic carbocycles. The number of hydrogen-bond acceptors (Lipinski definition) is 6. The van der Waals surface area contributed by atoms with Crippen LogP contribution in [0.5, 0.6) is 0 Å². The van der Waals surface area contributed by atoms with Gasteiger partial charge in [0.25, 0.3) is 0 Å². The van der Waals surface area contributed by atoms with Crippen molar-refractivity contribution in [2.75, 3.05) is 13.2 Å². The molecule has 0 aliphatic rings. The molecule has 1 atom stereocenters. The third-order valence-corrected chi connectivity index (χ3v) is 12.2. The van der Waals surface area contributed by atoms with E-state index in [-0.39, 0.29) is 31.1 Å². The van der Waals surface area contributed by atoms with E-state index in [2.05, 4.69) is 106 Å². The van der Waals surface area contributed by atoms with E-state index in [0.29, 0.717) is 19.3 Å². The van der Waals surface area contributed by atoms with Crippen molar-refractivity contribution < 1.29 is 28.6 Å². The lowest BCUT2D eigenvalue weighted by atomic mass is 10.0. The fourth-order valence-corrected chi connectivity index (χ4v) is 7.89. The van der Waals surface area contributed by atoms with Gasteiger partial charge < -0.3 is 14.2 Å². The Bertz CT molecular complexity index is 1320. The van der Waals surface area contributed by atoms with Crippen molar-refractivity contribution in [2.45, 2.75) is 277 Å². The van der Waals surface area contributed by atoms with Gasteiger partial charge in [0.1, 0.15) is 13.2 Å². The van der Waals surface area contributed by atoms with Gasteiger partial charge in [0, 0.05) is 19.3 Å². The zero-order valence-electron chi connectivity index (χ0n) is 44.6. The molecule has 0 aromatic rings. The minimum Gasteiger partial charge on any atom is -0.462 e. The normalized spacial score (nSPS) is 12.7. The summed E-state index contributed by atoms with van der Waals surface area (Å²) in [6.45, 7) is 6.44. The third kappa shape index (κ3) is 53.5. The number of ether oxygens (including phenoxy) is 3. The van der Waals surface area contributed by atoms with Gasteiger partial charge in [0.15, 0.2) is 6.10 Å². The maximum absolute atomic E-state index is 12.7. The number of carbonyl (C=O) groups is 3. The molecule has 1 unspecified atom stereocenters. The quantitative estimate of drug-likeness (QED) is 0.0262. The van der Waals surface area contributed by atoms with Crippen LogP contribution in [0.1, 0.15) is 271 Å². The Hall–Kier alpha value is -3.41. The maximum Gasteiger partial charge on any atom is 0.306 e. The van der Waals surface area contributed by atoms with Gasteiger partial charge in [-0.1, -0.05) is 260 Å². The highest BCUT2D eigenvalue weighted by molar-refractivity contribution is 5.71. The smallest absolute Gasteiger partial charge is 0.306 e. The number of unbranched alkanes of at least 4 members (excludes halogenated alkanes) is 26. The van der Waals surface area contributed by atoms with Gasteiger partial charge in [-0.2, -0.15) is 0 Å². The molecule has 0 saturated heterocycles. The molecule has 0 spiro atoms. The standard InChI is InChI=1S/C62H106O6/c1-4-7-10-13-15-17-19-21-22-23-24-25-26-27-28-29-30-31-32-33-34-35-36-37-38-39-40-41-43-44-46-49-52-55-61(64)67-58-59(57-66-60(63)54-51-48-12-9-6-3)68-62(65)56-53-50-47-45-42-20-18-16-14-11-8-5-2/h7,10,15,17,21-22,24-25,27-28,30-31,33-34,59H,4-6,8-9,11-14,16,18-20,23,26,29,32,35-58H2,1-3H3/b10-7-,17-15-,22-21-,25-24-,28-27-,31-30-,34-33-. The second-order valence-corrected chi connectivity index (χ2v) is 18.8. The van der Waals surface area contributed by atoms with Crippen LogP contribution in [-0.4, -0.2) is 37.2 Å². The van der Waals surface area contributed by atoms with Gasteiger partial charge in [-0.05, 0) is 77.0 Å². The molecule has 68 heavy (non-hydrogen) atoms. The van der Waals surface area contributed by atoms with Gasteiger partial charge >= 0.3 is 17.9 Å². The Morgan fingerprint density at radius 1 is 0.309 bits per heavy atom. The molecule has 6 nitrogen and oxygen atoms in total. The fourth-order valence-electron chi connectivity index (χ4n) is 7.89. The van der Waals surface area contributed by atoms with E-state index in [4.69, 9.17) is 14.2 Å². The highest BCUT2D eigenvalue weighted by Crippen LogP contribution is 2.16. The topological polar surface area (TPSA) is 78.9 Å². The second kappa shape index (κ2) is 56.2. The summed E-state index contributed by atoms with van der Waals surface area (Å²) in [4.78, 5) is 37.7. The van der Waals surface area contributed by atoms with Crippen LogP contribution in [0.4, 0.5) is 0 Å². The molecule has 0 fully saturated rings. The lowest BCUT2D eigenvalue weighted by Crippen LogP contribution is -2.30. The average molecular weight is 948 g/mol. The highest BCUT2D eigenvalue weighted by atomic mass is 16.6. The van der Waals surface area contributed by atoms with E-state index >= 15 is 0 Å². The molecule has 390 valence electrons. The first-order valence-corrected chi connectivity index (χ1v) is 28.6. The summed E-state index contributed by atoms with van der Waals surface area (Å²) >= 11 is 0. The van der Waals surface area contributed by atoms with Crippen molar-refractivity contribution in [3.63, 3.8) is 0 Å². The monoisotopic (exact) mass is 947 g/mol. The van der Waals surface area contributed by atoms with Crippen LogP contribution in [0.2, 0.25) is 0 Å². The summed E-state index contributed by atoms with van der Waals surface area (Å²) < 4.78 is 16.7. The largest absolute Gasteiger partial charge is 0.462 e. The summed E-state index contributed by atoms with van der Waals surface area (Å²) in [6, 6.07) is 0. The first-order valence-electron chi connectivity index (χ1n) is 28.6. The van der Waals surface area contributed by atoms with E-state index in [1.165, 1.54) is 122 Å². The SMILES string of the molecule is CC/C=C\C/C=C\C/C=C\C/C=C\C/C=C\C/C=C\C/C=C\CCCCCCCCCCCCCC(=O)OCC(COC(=O)CCCCCCC)OC(=O)CCCCCCCCCCCCCC. The lowest BCUT2D eigenvalue weighted by molar-refractivity contribution is -0.167. The minimum absolute atomic E-state index is 0.0745. The molecule has 0 radical (unpaired) electrons. The van der Waals surface area contributed by atoms with Crippen molar-refractivity contribution in [1.82, 2.24) is 0 Å². The Kier molecular flexibility index (Phi) is 53.4. The van der Waals surface area contributed by atoms with Crippen LogP contribution in [0.25, 0.3) is 0 Å². The van der Waals surface area contributed by atoms with Crippen LogP contribution >= 0.6 is 0 Å². The molecule has 0 aliphatic carbocycles. The van der Waals surface area contributed by atoms with E-state index < -0.39 is 6.10 Å². The number of rotatable bonds is 51. The predicted octanol–water partition coefficient (Wildman–Crippen LogP) is 19.2. The van der Waals surface area contributed by atoms with Crippen molar-refractivity contribution in [3.8, 4) is 0 Å². The Morgan fingerprint density at radius 2 is 0.574 bits per heavy atom. The van der Waals surface area contributed by atoms with E-state index in [0.717, 1.165) is 109 Å². The molecule has 0 heterocycles. The highest BCUT2D eigenvalue weighted by Gasteiger charge is 2.19. The molecule has 0 saturated carbocycles. The third-order valence-electron chi connectivity index (χ3n) is 12.2. The summed E-state index contributed by atoms with van der Waals surface area (Å²) in [5, 5.41) is 0. The molecule has 0 rings (SSSR count). The van der Waals surface area contributed by atoms with Gasteiger partial charge in [0.05, 0.1) is 0 Å². The molecular weight excluding hydrogens is 841 g/mol. The Balaban J connectivity index is 3.98. The van der Waals surface area contributed by atoms with Crippen LogP contribution in [0, 0.1) is 0 Å². The van der Waals surface area contributed by atoms with Crippen molar-refractivity contribution in [1.29, 1.82) is 0 Å². The first kappa shape index (κ1) is 64.6. The zero-order chi connectivity index (χ0) is 49.3. The van der Waals surface area contributed by atoms with E-state index in [1.54, 1.807) is 0 Å². The molecule has 0 amide bonds. The summed E-state index contributed by atoms with van der Waals surface area (Å²) in [5.74, 6) is -0.887. The lowest BCUT2D eigenvalue weighted by Gasteiger charge is -2.18. The zero-order valence-corrected chi connectivity index (χ0v) is 44.6. The molecule has 0 bridgehead atoms. The summed E-state index contributed by atoms with van der Waals surface area (Å²) in [7, 11) is 0. The Labute approximate surface area is 420 Å². The number of carbonyl (C=O) groups excluding carboxylic acids is 3. The molecule has 0 aromatic heterocycles. The van der Waals surface area contributed by atoms with Crippen LogP contribution in [-0.2, 0) is 28.6 Å². The van der Waals surface area contributed by atoms with E-state index in [9.17, 15) is 14.4 Å². The minimum atomic E-state index is -0.769. The van der Waals surface area contributed by atoms with Gasteiger partial charge in [-0.25, -0.2) is 0 Å². The molecule has 6 heteroatoms. The van der Waals surface area contributed by atoms with Crippen molar-refractivity contribution in [3.05, 3.63) is 85.1 Å². The van der Waals surface area contributed by atoms with Gasteiger partial charge in [0.2, 0.25) is 0 Å². The maximum atomic E-state index is 12.7. The van der Waals surface area contributed by atoms with Crippen LogP contribution < -0.4 is 0 Å². The summed E-state index contributed by atoms with van der Waals surface area (Å²) in [5.41, 5.74) is 0. The Morgan fingerprint density at radius 3 is 0.897 bits per heavy atom. The molecule has 0 N–H and O–H groups in total. The second-order valence-electron chi connectivity index (χ2n) is 18.8. The van der Waals surface area contributed by atoms with Gasteiger partial charge in [-0.3, -0.25) is 14.4 Å².